The van der Waals surface area contributed by atoms with Crippen molar-refractivity contribution in [1.82, 2.24) is 25.7 Å². The zero-order valence-corrected chi connectivity index (χ0v) is 20.2. The van der Waals surface area contributed by atoms with Crippen molar-refractivity contribution in [2.45, 2.75) is 12.8 Å². The highest BCUT2D eigenvalue weighted by Gasteiger charge is 2.05. The molecule has 3 aromatic rings. The first-order chi connectivity index (χ1) is 14.7. The smallest absolute Gasteiger partial charge is 0.251 e. The van der Waals surface area contributed by atoms with Gasteiger partial charge in [0, 0.05) is 38.9 Å². The van der Waals surface area contributed by atoms with Crippen molar-refractivity contribution in [3.63, 3.8) is 0 Å². The molecule has 0 bridgehead atoms. The van der Waals surface area contributed by atoms with Crippen LogP contribution >= 0.6 is 24.0 Å². The Morgan fingerprint density at radius 2 is 1.71 bits per heavy atom. The molecule has 0 radical (unpaired) electrons. The molecule has 0 fully saturated rings. The van der Waals surface area contributed by atoms with Crippen LogP contribution in [0.15, 0.2) is 72.0 Å². The van der Waals surface area contributed by atoms with Gasteiger partial charge in [0.2, 0.25) is 0 Å². The minimum atomic E-state index is -0.0714. The summed E-state index contributed by atoms with van der Waals surface area (Å²) >= 11 is 0. The number of carbonyl (C=O) groups excluding carboxylic acids is 1. The summed E-state index contributed by atoms with van der Waals surface area (Å²) in [6.45, 7) is 1.48. The van der Waals surface area contributed by atoms with E-state index >= 15 is 0 Å². The molecule has 1 amide bonds. The number of nitrogens with one attached hydrogen (secondary N) is 3. The quantitative estimate of drug-likeness (QED) is 0.237. The van der Waals surface area contributed by atoms with Crippen LogP contribution in [0.4, 0.5) is 0 Å². The normalized spacial score (nSPS) is 10.8. The van der Waals surface area contributed by atoms with Crippen LogP contribution in [-0.2, 0) is 12.8 Å². The molecule has 1 aromatic heterocycles. The number of aliphatic imine (C=N–C) groups is 1. The monoisotopic (exact) mass is 532 g/mol. The molecule has 3 rings (SSSR count). The average molecular weight is 532 g/mol. The number of amides is 1. The number of nitrogens with zero attached hydrogens (tertiary/aromatic N) is 3. The first-order valence-corrected chi connectivity index (χ1v) is 10.0. The summed E-state index contributed by atoms with van der Waals surface area (Å²) in [6.07, 6.45) is 5.59. The number of guanidine groups is 1. The second-order valence-electron chi connectivity index (χ2n) is 6.83. The summed E-state index contributed by atoms with van der Waals surface area (Å²) in [5, 5.41) is 13.7. The second-order valence-corrected chi connectivity index (χ2v) is 6.83. The standard InChI is InChI=1S/C23H28N6O.HI/c1-24-22(30)20-8-6-7-18(15-20)11-13-26-23(25-2)27-14-12-19-16-28-29(17-19)21-9-4-3-5-10-21;/h3-10,15-17H,11-14H2,1-2H3,(H,24,30)(H2,25,26,27);1H. The largest absolute Gasteiger partial charge is 0.356 e. The van der Waals surface area contributed by atoms with E-state index < -0.39 is 0 Å². The van der Waals surface area contributed by atoms with E-state index in [1.54, 1.807) is 14.1 Å². The summed E-state index contributed by atoms with van der Waals surface area (Å²) in [7, 11) is 3.40. The summed E-state index contributed by atoms with van der Waals surface area (Å²) in [5.41, 5.74) is 3.99. The molecule has 0 spiro atoms. The number of para-hydroxylation sites is 1. The van der Waals surface area contributed by atoms with Crippen LogP contribution in [0.3, 0.4) is 0 Å². The molecule has 0 atom stereocenters. The van der Waals surface area contributed by atoms with Crippen molar-refractivity contribution < 1.29 is 4.79 Å². The van der Waals surface area contributed by atoms with E-state index in [0.29, 0.717) is 5.56 Å². The molecule has 1 heterocycles. The Morgan fingerprint density at radius 1 is 1.00 bits per heavy atom. The number of carbonyl (C=O) groups is 1. The third-order valence-electron chi connectivity index (χ3n) is 4.71. The van der Waals surface area contributed by atoms with Gasteiger partial charge in [0.25, 0.3) is 5.91 Å². The molecule has 3 N–H and O–H groups in total. The molecule has 2 aromatic carbocycles. The highest BCUT2D eigenvalue weighted by Crippen LogP contribution is 2.08. The van der Waals surface area contributed by atoms with Gasteiger partial charge in [0.05, 0.1) is 11.9 Å². The van der Waals surface area contributed by atoms with Gasteiger partial charge in [0.1, 0.15) is 0 Å². The maximum Gasteiger partial charge on any atom is 0.251 e. The maximum absolute atomic E-state index is 11.7. The van der Waals surface area contributed by atoms with Gasteiger partial charge in [-0.1, -0.05) is 30.3 Å². The van der Waals surface area contributed by atoms with Gasteiger partial charge >= 0.3 is 0 Å². The van der Waals surface area contributed by atoms with Gasteiger partial charge in [-0.25, -0.2) is 4.68 Å². The fourth-order valence-electron chi connectivity index (χ4n) is 3.09. The SMILES string of the molecule is CN=C(NCCc1cccc(C(=O)NC)c1)NCCc1cnn(-c2ccccc2)c1.I. The molecular weight excluding hydrogens is 503 g/mol. The first kappa shape index (κ1) is 24.4. The minimum Gasteiger partial charge on any atom is -0.356 e. The summed E-state index contributed by atoms with van der Waals surface area (Å²) in [5.74, 6) is 0.686. The number of aromatic nitrogens is 2. The van der Waals surface area contributed by atoms with E-state index in [0.717, 1.165) is 48.7 Å². The molecular formula is C23H29IN6O. The number of rotatable bonds is 8. The zero-order chi connectivity index (χ0) is 21.2. The lowest BCUT2D eigenvalue weighted by Crippen LogP contribution is -2.39. The molecule has 0 aliphatic carbocycles. The lowest BCUT2D eigenvalue weighted by atomic mass is 10.1. The Balaban J connectivity index is 0.00000341. The van der Waals surface area contributed by atoms with Crippen LogP contribution < -0.4 is 16.0 Å². The van der Waals surface area contributed by atoms with Crippen LogP contribution in [0.5, 0.6) is 0 Å². The van der Waals surface area contributed by atoms with E-state index in [4.69, 9.17) is 0 Å². The third-order valence-corrected chi connectivity index (χ3v) is 4.71. The van der Waals surface area contributed by atoms with Crippen molar-refractivity contribution >= 4 is 35.8 Å². The zero-order valence-electron chi connectivity index (χ0n) is 17.8. The lowest BCUT2D eigenvalue weighted by Gasteiger charge is -2.12. The van der Waals surface area contributed by atoms with E-state index in [1.807, 2.05) is 71.7 Å². The van der Waals surface area contributed by atoms with Crippen molar-refractivity contribution in [2.75, 3.05) is 27.2 Å². The Labute approximate surface area is 200 Å². The first-order valence-electron chi connectivity index (χ1n) is 10.0. The number of halogens is 1. The summed E-state index contributed by atoms with van der Waals surface area (Å²) in [6, 6.07) is 17.7. The van der Waals surface area contributed by atoms with E-state index in [9.17, 15) is 4.79 Å². The van der Waals surface area contributed by atoms with Crippen molar-refractivity contribution in [1.29, 1.82) is 0 Å². The van der Waals surface area contributed by atoms with Crippen LogP contribution in [0, 0.1) is 0 Å². The van der Waals surface area contributed by atoms with Crippen molar-refractivity contribution in [3.05, 3.63) is 83.7 Å². The molecule has 8 heteroatoms. The van der Waals surface area contributed by atoms with E-state index in [1.165, 1.54) is 0 Å². The highest BCUT2D eigenvalue weighted by atomic mass is 127. The molecule has 31 heavy (non-hydrogen) atoms. The summed E-state index contributed by atoms with van der Waals surface area (Å²) in [4.78, 5) is 16.0. The van der Waals surface area contributed by atoms with Crippen molar-refractivity contribution in [2.24, 2.45) is 4.99 Å². The third kappa shape index (κ3) is 7.39. The molecule has 0 aliphatic heterocycles. The van der Waals surface area contributed by atoms with Gasteiger partial charge in [0.15, 0.2) is 5.96 Å². The van der Waals surface area contributed by atoms with Crippen LogP contribution in [0.1, 0.15) is 21.5 Å². The lowest BCUT2D eigenvalue weighted by molar-refractivity contribution is 0.0963. The molecule has 7 nitrogen and oxygen atoms in total. The Kier molecular flexibility index (Phi) is 10.0. The minimum absolute atomic E-state index is 0. The molecule has 0 unspecified atom stereocenters. The molecule has 0 aliphatic rings. The molecule has 0 saturated heterocycles. The van der Waals surface area contributed by atoms with Crippen LogP contribution in [-0.4, -0.2) is 48.8 Å². The van der Waals surface area contributed by atoms with Crippen molar-refractivity contribution in [3.8, 4) is 5.69 Å². The van der Waals surface area contributed by atoms with Crippen LogP contribution in [0.25, 0.3) is 5.69 Å². The van der Waals surface area contributed by atoms with E-state index in [-0.39, 0.29) is 29.9 Å². The van der Waals surface area contributed by atoms with Gasteiger partial charge in [-0.2, -0.15) is 5.10 Å². The maximum atomic E-state index is 11.7. The fourth-order valence-corrected chi connectivity index (χ4v) is 3.09. The van der Waals surface area contributed by atoms with Crippen LogP contribution in [0.2, 0.25) is 0 Å². The predicted octanol–water partition coefficient (Wildman–Crippen LogP) is 2.80. The predicted molar refractivity (Wildman–Crippen MR) is 136 cm³/mol. The Morgan fingerprint density at radius 3 is 2.39 bits per heavy atom. The van der Waals surface area contributed by atoms with Gasteiger partial charge in [-0.3, -0.25) is 9.79 Å². The topological polar surface area (TPSA) is 83.3 Å². The number of hydrogen-bond acceptors (Lipinski definition) is 3. The highest BCUT2D eigenvalue weighted by molar-refractivity contribution is 14.0. The number of hydrogen-bond donors (Lipinski definition) is 3. The second kappa shape index (κ2) is 12.7. The van der Waals surface area contributed by atoms with Gasteiger partial charge in [-0.05, 0) is 48.2 Å². The average Bonchev–Trinajstić information content (AvgIpc) is 3.27. The number of benzene rings is 2. The summed E-state index contributed by atoms with van der Waals surface area (Å²) < 4.78 is 1.88. The Bertz CT molecular complexity index is 986. The fraction of sp³-hybridized carbons (Fsp3) is 0.261. The Hall–Kier alpha value is -2.88. The van der Waals surface area contributed by atoms with Gasteiger partial charge < -0.3 is 16.0 Å². The molecule has 0 saturated carbocycles. The van der Waals surface area contributed by atoms with Gasteiger partial charge in [-0.15, -0.1) is 24.0 Å². The van der Waals surface area contributed by atoms with E-state index in [2.05, 4.69) is 26.0 Å². The molecule has 164 valence electrons.